The van der Waals surface area contributed by atoms with E-state index in [1.807, 2.05) is 5.32 Å². The number of amides is 1. The minimum Gasteiger partial charge on any atom is -0.480 e. The minimum atomic E-state index is -9.30. The Labute approximate surface area is 356 Å². The fourth-order valence-corrected chi connectivity index (χ4v) is 5.57. The maximum atomic E-state index is 14.2. The van der Waals surface area contributed by atoms with Crippen LogP contribution < -0.4 is 5.32 Å². The molecule has 0 bridgehead atoms. The summed E-state index contributed by atoms with van der Waals surface area (Å²) >= 11 is 0. The molecular formula is C31H38F21N5O9. The number of carbonyl (C=O) groups is 4. The van der Waals surface area contributed by atoms with E-state index < -0.39 is 142 Å². The van der Waals surface area contributed by atoms with Gasteiger partial charge in [-0.05, 0) is 0 Å². The van der Waals surface area contributed by atoms with Crippen molar-refractivity contribution in [1.29, 1.82) is 0 Å². The number of rotatable bonds is 23. The first-order valence-electron chi connectivity index (χ1n) is 18.0. The summed E-state index contributed by atoms with van der Waals surface area (Å²) in [6.07, 6.45) is -12.8. The number of alkyl halides is 21. The molecule has 1 heterocycles. The molecule has 1 fully saturated rings. The summed E-state index contributed by atoms with van der Waals surface area (Å²) in [5.41, 5.74) is 0. The molecule has 0 aromatic heterocycles. The Balaban J connectivity index is 3.06. The highest BCUT2D eigenvalue weighted by Crippen LogP contribution is 2.66. The Kier molecular flexibility index (Phi) is 19.7. The van der Waals surface area contributed by atoms with Crippen LogP contribution in [0.1, 0.15) is 6.42 Å². The summed E-state index contributed by atoms with van der Waals surface area (Å²) < 4.78 is 290. The lowest BCUT2D eigenvalue weighted by molar-refractivity contribution is -0.474. The van der Waals surface area contributed by atoms with Gasteiger partial charge >= 0.3 is 77.4 Å². The zero-order chi connectivity index (χ0) is 51.9. The van der Waals surface area contributed by atoms with Gasteiger partial charge in [-0.25, -0.2) is 0 Å². The lowest BCUT2D eigenvalue weighted by Gasteiger charge is -2.44. The number of nitrogens with one attached hydrogen (secondary N) is 1. The lowest BCUT2D eigenvalue weighted by Crippen LogP contribution is -2.76. The Morgan fingerprint density at radius 3 is 1.06 bits per heavy atom. The highest BCUT2D eigenvalue weighted by Gasteiger charge is 2.97. The molecule has 1 amide bonds. The number of carbonyl (C=O) groups excluding carboxylic acids is 1. The number of aliphatic hydroxyl groups excluding tert-OH is 1. The second-order valence-corrected chi connectivity index (χ2v) is 14.4. The molecule has 0 aromatic rings. The van der Waals surface area contributed by atoms with Gasteiger partial charge < -0.3 is 30.5 Å². The summed E-state index contributed by atoms with van der Waals surface area (Å²) in [7, 11) is 0. The number of carboxylic acids is 3. The third kappa shape index (κ3) is 13.2. The highest BCUT2D eigenvalue weighted by atomic mass is 19.4. The smallest absolute Gasteiger partial charge is 0.460 e. The Morgan fingerprint density at radius 2 is 0.758 bits per heavy atom. The molecule has 66 heavy (non-hydrogen) atoms. The first-order valence-corrected chi connectivity index (χ1v) is 18.0. The standard InChI is InChI=1S/C31H38F21N5O9/c32-22(33,23(34,35)24(36,37)25(38,39)26(40,41)27(42,43)28(44,45)29(46,47)30(48,49)31(50,51)52)1-10-66-16-18(59)53-11-17(58)12-54-2-4-55(13-19(60)61)6-8-57(15-21(64)65)9-7-56(5-3-54)14-20(62)63/h17,58H,1-16H2,(H,53,59)(H,60,61)(H,62,63)(H,64,65). The van der Waals surface area contributed by atoms with Crippen LogP contribution in [0.15, 0.2) is 0 Å². The maximum absolute atomic E-state index is 14.2. The van der Waals surface area contributed by atoms with Gasteiger partial charge in [-0.3, -0.25) is 38.8 Å². The average molecular weight is 1020 g/mol. The zero-order valence-electron chi connectivity index (χ0n) is 32.9. The molecule has 1 saturated heterocycles. The number of halogens is 21. The van der Waals surface area contributed by atoms with Gasteiger partial charge in [0.25, 0.3) is 0 Å². The monoisotopic (exact) mass is 1020 g/mol. The number of aliphatic hydroxyl groups is 1. The van der Waals surface area contributed by atoms with Crippen LogP contribution in [0.2, 0.25) is 0 Å². The first-order chi connectivity index (χ1) is 29.5. The van der Waals surface area contributed by atoms with Crippen molar-refractivity contribution in [2.75, 3.05) is 98.3 Å². The molecule has 0 aliphatic carbocycles. The van der Waals surface area contributed by atoms with Crippen molar-refractivity contribution in [2.45, 2.75) is 72.0 Å². The second-order valence-electron chi connectivity index (χ2n) is 14.4. The SMILES string of the molecule is O=C(O)CN1CCN(CC(=O)O)CCN(CC(O)CNC(=O)COCCC(F)(F)C(F)(F)C(F)(F)C(F)(F)C(F)(F)C(F)(F)C(F)(F)C(F)(F)C(F)(F)C(F)(F)F)CCN(CC(=O)O)CC1. The number of aliphatic carboxylic acids is 3. The molecule has 0 radical (unpaired) electrons. The number of hydrogen-bond donors (Lipinski definition) is 5. The van der Waals surface area contributed by atoms with E-state index in [4.69, 9.17) is 0 Å². The molecular weight excluding hydrogens is 985 g/mol. The van der Waals surface area contributed by atoms with Gasteiger partial charge in [0.05, 0.1) is 32.3 Å². The molecule has 0 spiro atoms. The van der Waals surface area contributed by atoms with E-state index in [2.05, 4.69) is 4.74 Å². The summed E-state index contributed by atoms with van der Waals surface area (Å²) in [5.74, 6) is -83.6. The molecule has 0 saturated carbocycles. The fraction of sp³-hybridized carbons (Fsp3) is 0.871. The second kappa shape index (κ2) is 21.6. The normalized spacial score (nSPS) is 18.3. The van der Waals surface area contributed by atoms with E-state index in [9.17, 15) is 132 Å². The van der Waals surface area contributed by atoms with E-state index >= 15 is 0 Å². The van der Waals surface area contributed by atoms with Crippen molar-refractivity contribution in [3.05, 3.63) is 0 Å². The van der Waals surface area contributed by atoms with E-state index in [0.717, 1.165) is 0 Å². The topological polar surface area (TPSA) is 183 Å². The van der Waals surface area contributed by atoms with Crippen molar-refractivity contribution >= 4 is 23.8 Å². The van der Waals surface area contributed by atoms with Crippen LogP contribution in [-0.2, 0) is 23.9 Å². The molecule has 0 aromatic carbocycles. The Hall–Kier alpha value is -3.83. The summed E-state index contributed by atoms with van der Waals surface area (Å²) in [5, 5.41) is 40.2. The number of ether oxygens (including phenoxy) is 1. The minimum absolute atomic E-state index is 0.00768. The van der Waals surface area contributed by atoms with E-state index in [0.29, 0.717) is 0 Å². The predicted octanol–water partition coefficient (Wildman–Crippen LogP) is 3.63. The molecule has 1 aliphatic heterocycles. The fourth-order valence-electron chi connectivity index (χ4n) is 5.57. The zero-order valence-corrected chi connectivity index (χ0v) is 32.9. The van der Waals surface area contributed by atoms with Crippen molar-refractivity contribution in [2.24, 2.45) is 0 Å². The van der Waals surface area contributed by atoms with Crippen LogP contribution in [0.5, 0.6) is 0 Å². The molecule has 1 unspecified atom stereocenters. The van der Waals surface area contributed by atoms with Gasteiger partial charge in [0.15, 0.2) is 0 Å². The van der Waals surface area contributed by atoms with E-state index in [1.165, 1.54) is 19.6 Å². The molecule has 14 nitrogen and oxygen atoms in total. The van der Waals surface area contributed by atoms with Crippen molar-refractivity contribution < 1.29 is 137 Å². The number of β-amino-alcohol motifs (C(OH)–C–C–N with tert-alkyl or cyclic N) is 1. The van der Waals surface area contributed by atoms with Crippen LogP contribution in [0, 0.1) is 0 Å². The van der Waals surface area contributed by atoms with E-state index in [-0.39, 0.29) is 52.4 Å². The quantitative estimate of drug-likeness (QED) is 0.0741. The first kappa shape index (κ1) is 60.2. The van der Waals surface area contributed by atoms with Gasteiger partial charge in [-0.2, -0.15) is 92.2 Å². The Bertz CT molecular complexity index is 1630. The third-order valence-electron chi connectivity index (χ3n) is 9.38. The van der Waals surface area contributed by atoms with Gasteiger partial charge in [0.2, 0.25) is 5.91 Å². The highest BCUT2D eigenvalue weighted by molar-refractivity contribution is 5.77. The van der Waals surface area contributed by atoms with Crippen LogP contribution in [0.25, 0.3) is 0 Å². The van der Waals surface area contributed by atoms with Gasteiger partial charge in [0, 0.05) is 71.9 Å². The van der Waals surface area contributed by atoms with Gasteiger partial charge in [0.1, 0.15) is 6.61 Å². The molecule has 5 N–H and O–H groups in total. The van der Waals surface area contributed by atoms with Crippen LogP contribution >= 0.6 is 0 Å². The van der Waals surface area contributed by atoms with Crippen LogP contribution in [-0.4, -0.2) is 228 Å². The number of nitrogens with zero attached hydrogens (tertiary/aromatic N) is 4. The molecule has 1 atom stereocenters. The summed E-state index contributed by atoms with van der Waals surface area (Å²) in [6.45, 7) is -6.71. The average Bonchev–Trinajstić information content (AvgIpc) is 3.14. The summed E-state index contributed by atoms with van der Waals surface area (Å²) in [6, 6.07) is 0. The van der Waals surface area contributed by atoms with Crippen LogP contribution in [0.4, 0.5) is 92.2 Å². The summed E-state index contributed by atoms with van der Waals surface area (Å²) in [4.78, 5) is 51.9. The van der Waals surface area contributed by atoms with Crippen molar-refractivity contribution in [1.82, 2.24) is 24.9 Å². The molecule has 388 valence electrons. The maximum Gasteiger partial charge on any atom is 0.460 e. The largest absolute Gasteiger partial charge is 0.480 e. The number of hydrogen-bond acceptors (Lipinski definition) is 10. The van der Waals surface area contributed by atoms with Crippen LogP contribution in [0.3, 0.4) is 0 Å². The van der Waals surface area contributed by atoms with Gasteiger partial charge in [-0.1, -0.05) is 0 Å². The van der Waals surface area contributed by atoms with Gasteiger partial charge in [-0.15, -0.1) is 0 Å². The lowest BCUT2D eigenvalue weighted by atomic mass is 9.86. The molecule has 1 aliphatic rings. The number of carboxylic acid groups (broad SMARTS) is 3. The van der Waals surface area contributed by atoms with Crippen molar-refractivity contribution in [3.63, 3.8) is 0 Å². The third-order valence-corrected chi connectivity index (χ3v) is 9.38. The molecule has 35 heteroatoms. The predicted molar refractivity (Wildman–Crippen MR) is 174 cm³/mol. The van der Waals surface area contributed by atoms with E-state index in [1.54, 1.807) is 0 Å². The Morgan fingerprint density at radius 1 is 0.470 bits per heavy atom. The van der Waals surface area contributed by atoms with Crippen molar-refractivity contribution in [3.8, 4) is 0 Å². The molecule has 1 rings (SSSR count).